The van der Waals surface area contributed by atoms with E-state index in [9.17, 15) is 0 Å². The lowest BCUT2D eigenvalue weighted by atomic mass is 9.88. The molecule has 2 fully saturated rings. The van der Waals surface area contributed by atoms with Crippen molar-refractivity contribution in [2.75, 3.05) is 11.9 Å². The Kier molecular flexibility index (Phi) is 4.61. The lowest BCUT2D eigenvalue weighted by molar-refractivity contribution is 0.0972. The van der Waals surface area contributed by atoms with Crippen LogP contribution in [0.4, 0.5) is 5.82 Å². The van der Waals surface area contributed by atoms with Crippen LogP contribution in [-0.4, -0.2) is 22.6 Å². The first-order valence-corrected chi connectivity index (χ1v) is 8.55. The zero-order chi connectivity index (χ0) is 14.7. The number of rotatable bonds is 6. The average Bonchev–Trinajstić information content (AvgIpc) is 3.32. The Hall–Kier alpha value is -1.32. The number of anilines is 1. The molecule has 1 aromatic rings. The van der Waals surface area contributed by atoms with Crippen LogP contribution in [0.1, 0.15) is 70.5 Å². The summed E-state index contributed by atoms with van der Waals surface area (Å²) in [7, 11) is 0. The first kappa shape index (κ1) is 14.6. The molecular formula is C17H27N3O. The SMILES string of the molecule is CCCNc1cc(OC2CCCCC2C)nc(C2CC2)n1. The number of aromatic nitrogens is 2. The van der Waals surface area contributed by atoms with Gasteiger partial charge in [0, 0.05) is 18.5 Å². The molecule has 2 aliphatic rings. The van der Waals surface area contributed by atoms with Crippen molar-refractivity contribution in [2.45, 2.75) is 70.8 Å². The normalized spacial score (nSPS) is 25.6. The van der Waals surface area contributed by atoms with E-state index in [0.29, 0.717) is 17.9 Å². The zero-order valence-electron chi connectivity index (χ0n) is 13.3. The lowest BCUT2D eigenvalue weighted by Crippen LogP contribution is -2.28. The molecule has 0 amide bonds. The van der Waals surface area contributed by atoms with E-state index in [1.807, 2.05) is 6.07 Å². The molecular weight excluding hydrogens is 262 g/mol. The second-order valence-corrected chi connectivity index (χ2v) is 6.57. The predicted molar refractivity (Wildman–Crippen MR) is 84.8 cm³/mol. The second kappa shape index (κ2) is 6.63. The molecule has 1 heterocycles. The van der Waals surface area contributed by atoms with Crippen LogP contribution >= 0.6 is 0 Å². The second-order valence-electron chi connectivity index (χ2n) is 6.57. The maximum atomic E-state index is 6.22. The van der Waals surface area contributed by atoms with Crippen LogP contribution in [0.5, 0.6) is 5.88 Å². The summed E-state index contributed by atoms with van der Waals surface area (Å²) < 4.78 is 6.22. The van der Waals surface area contributed by atoms with Gasteiger partial charge in [-0.2, -0.15) is 4.98 Å². The van der Waals surface area contributed by atoms with E-state index in [4.69, 9.17) is 4.74 Å². The minimum atomic E-state index is 0.319. The van der Waals surface area contributed by atoms with Crippen molar-refractivity contribution < 1.29 is 4.74 Å². The standard InChI is InChI=1S/C17H27N3O/c1-3-10-18-15-11-16(20-17(19-15)13-8-9-13)21-14-7-5-4-6-12(14)2/h11-14H,3-10H2,1-2H3,(H,18,19,20). The molecule has 0 radical (unpaired) electrons. The van der Waals surface area contributed by atoms with Crippen molar-refractivity contribution in [3.8, 4) is 5.88 Å². The van der Waals surface area contributed by atoms with Gasteiger partial charge in [-0.25, -0.2) is 4.98 Å². The molecule has 3 rings (SSSR count). The molecule has 4 heteroatoms. The van der Waals surface area contributed by atoms with Gasteiger partial charge in [0.25, 0.3) is 0 Å². The van der Waals surface area contributed by atoms with E-state index in [1.54, 1.807) is 0 Å². The van der Waals surface area contributed by atoms with Crippen molar-refractivity contribution in [3.63, 3.8) is 0 Å². The fourth-order valence-electron chi connectivity index (χ4n) is 2.98. The van der Waals surface area contributed by atoms with Gasteiger partial charge in [0.1, 0.15) is 17.7 Å². The van der Waals surface area contributed by atoms with Crippen molar-refractivity contribution in [2.24, 2.45) is 5.92 Å². The van der Waals surface area contributed by atoms with Crippen LogP contribution in [0.25, 0.3) is 0 Å². The van der Waals surface area contributed by atoms with E-state index < -0.39 is 0 Å². The summed E-state index contributed by atoms with van der Waals surface area (Å²) in [6.45, 7) is 5.40. The van der Waals surface area contributed by atoms with E-state index in [-0.39, 0.29) is 0 Å². The topological polar surface area (TPSA) is 47.0 Å². The molecule has 0 aromatic carbocycles. The van der Waals surface area contributed by atoms with E-state index >= 15 is 0 Å². The molecule has 0 saturated heterocycles. The van der Waals surface area contributed by atoms with Gasteiger partial charge in [0.15, 0.2) is 0 Å². The molecule has 0 aliphatic heterocycles. The third-order valence-corrected chi connectivity index (χ3v) is 4.52. The third kappa shape index (κ3) is 3.86. The van der Waals surface area contributed by atoms with Gasteiger partial charge in [0.2, 0.25) is 5.88 Å². The summed E-state index contributed by atoms with van der Waals surface area (Å²) in [4.78, 5) is 9.30. The number of nitrogens with one attached hydrogen (secondary N) is 1. The highest BCUT2D eigenvalue weighted by Gasteiger charge is 2.29. The highest BCUT2D eigenvalue weighted by atomic mass is 16.5. The molecule has 2 saturated carbocycles. The van der Waals surface area contributed by atoms with Gasteiger partial charge in [-0.05, 0) is 44.4 Å². The number of hydrogen-bond acceptors (Lipinski definition) is 4. The quantitative estimate of drug-likeness (QED) is 0.855. The molecule has 2 unspecified atom stereocenters. The molecule has 0 spiro atoms. The predicted octanol–water partition coefficient (Wildman–Crippen LogP) is 4.13. The summed E-state index contributed by atoms with van der Waals surface area (Å²) in [5.41, 5.74) is 0. The molecule has 116 valence electrons. The Morgan fingerprint density at radius 2 is 2.00 bits per heavy atom. The minimum absolute atomic E-state index is 0.319. The molecule has 4 nitrogen and oxygen atoms in total. The fourth-order valence-corrected chi connectivity index (χ4v) is 2.98. The maximum Gasteiger partial charge on any atom is 0.219 e. The highest BCUT2D eigenvalue weighted by molar-refractivity contribution is 5.39. The maximum absolute atomic E-state index is 6.22. The monoisotopic (exact) mass is 289 g/mol. The summed E-state index contributed by atoms with van der Waals surface area (Å²) in [6, 6.07) is 1.98. The van der Waals surface area contributed by atoms with Gasteiger partial charge in [-0.15, -0.1) is 0 Å². The minimum Gasteiger partial charge on any atom is -0.474 e. The van der Waals surface area contributed by atoms with E-state index in [0.717, 1.165) is 36.9 Å². The smallest absolute Gasteiger partial charge is 0.219 e. The molecule has 2 atom stereocenters. The van der Waals surface area contributed by atoms with Crippen LogP contribution in [0.15, 0.2) is 6.07 Å². The molecule has 1 aromatic heterocycles. The van der Waals surface area contributed by atoms with Gasteiger partial charge < -0.3 is 10.1 Å². The van der Waals surface area contributed by atoms with Crippen molar-refractivity contribution >= 4 is 5.82 Å². The van der Waals surface area contributed by atoms with Crippen molar-refractivity contribution in [1.82, 2.24) is 9.97 Å². The Balaban J connectivity index is 1.74. The lowest BCUT2D eigenvalue weighted by Gasteiger charge is -2.29. The van der Waals surface area contributed by atoms with Crippen molar-refractivity contribution in [1.29, 1.82) is 0 Å². The third-order valence-electron chi connectivity index (χ3n) is 4.52. The van der Waals surface area contributed by atoms with E-state index in [1.165, 1.54) is 32.1 Å². The Labute approximate surface area is 127 Å². The van der Waals surface area contributed by atoms with Crippen LogP contribution in [-0.2, 0) is 0 Å². The fraction of sp³-hybridized carbons (Fsp3) is 0.765. The Morgan fingerprint density at radius 3 is 2.71 bits per heavy atom. The van der Waals surface area contributed by atoms with Crippen LogP contribution in [0.2, 0.25) is 0 Å². The molecule has 1 N–H and O–H groups in total. The van der Waals surface area contributed by atoms with Gasteiger partial charge >= 0.3 is 0 Å². The molecule has 21 heavy (non-hydrogen) atoms. The zero-order valence-corrected chi connectivity index (χ0v) is 13.3. The van der Waals surface area contributed by atoms with Crippen LogP contribution in [0.3, 0.4) is 0 Å². The van der Waals surface area contributed by atoms with Crippen LogP contribution in [0, 0.1) is 5.92 Å². The summed E-state index contributed by atoms with van der Waals surface area (Å²) in [5.74, 6) is 3.84. The number of ether oxygens (including phenoxy) is 1. The number of nitrogens with zero attached hydrogens (tertiary/aromatic N) is 2. The van der Waals surface area contributed by atoms with Gasteiger partial charge in [0.05, 0.1) is 0 Å². The van der Waals surface area contributed by atoms with E-state index in [2.05, 4.69) is 29.1 Å². The first-order valence-electron chi connectivity index (χ1n) is 8.55. The highest BCUT2D eigenvalue weighted by Crippen LogP contribution is 2.39. The largest absolute Gasteiger partial charge is 0.474 e. The first-order chi connectivity index (χ1) is 10.3. The van der Waals surface area contributed by atoms with Gasteiger partial charge in [-0.3, -0.25) is 0 Å². The average molecular weight is 289 g/mol. The Bertz CT molecular complexity index is 473. The molecule has 0 bridgehead atoms. The summed E-state index contributed by atoms with van der Waals surface area (Å²) >= 11 is 0. The van der Waals surface area contributed by atoms with Gasteiger partial charge in [-0.1, -0.05) is 20.3 Å². The van der Waals surface area contributed by atoms with Crippen molar-refractivity contribution in [3.05, 3.63) is 11.9 Å². The van der Waals surface area contributed by atoms with Crippen LogP contribution < -0.4 is 10.1 Å². The molecule has 2 aliphatic carbocycles. The summed E-state index contributed by atoms with van der Waals surface area (Å²) in [6.07, 6.45) is 8.89. The number of hydrogen-bond donors (Lipinski definition) is 1. The summed E-state index contributed by atoms with van der Waals surface area (Å²) in [5, 5.41) is 3.38. The Morgan fingerprint density at radius 1 is 1.19 bits per heavy atom.